The predicted molar refractivity (Wildman–Crippen MR) is 122 cm³/mol. The van der Waals surface area contributed by atoms with E-state index in [9.17, 15) is 4.79 Å². The van der Waals surface area contributed by atoms with Crippen LogP contribution in [0.1, 0.15) is 20.8 Å². The molecule has 2 aromatic carbocycles. The van der Waals surface area contributed by atoms with E-state index in [0.717, 1.165) is 38.8 Å². The average Bonchev–Trinajstić information content (AvgIpc) is 3.26. The number of thioether (sulfide) groups is 2. The van der Waals surface area contributed by atoms with Crippen LogP contribution in [-0.4, -0.2) is 35.7 Å². The van der Waals surface area contributed by atoms with Crippen LogP contribution in [0.25, 0.3) is 0 Å². The summed E-state index contributed by atoms with van der Waals surface area (Å²) in [4.78, 5) is 23.8. The maximum atomic E-state index is 13.2. The molecule has 2 aliphatic rings. The van der Waals surface area contributed by atoms with E-state index < -0.39 is 0 Å². The third kappa shape index (κ3) is 3.76. The van der Waals surface area contributed by atoms with Gasteiger partial charge in [0.05, 0.1) is 18.0 Å². The first-order chi connectivity index (χ1) is 14.2. The molecule has 0 radical (unpaired) electrons. The molecule has 0 saturated carbocycles. The molecule has 0 spiro atoms. The number of hydrogen-bond donors (Lipinski definition) is 0. The second-order valence-corrected chi connectivity index (χ2v) is 8.43. The molecule has 2 aromatic rings. The molecule has 5 nitrogen and oxygen atoms in total. The van der Waals surface area contributed by atoms with Crippen molar-refractivity contribution in [1.29, 1.82) is 0 Å². The molecule has 2 heterocycles. The summed E-state index contributed by atoms with van der Waals surface area (Å²) in [6.07, 6.45) is 0. The Hall–Kier alpha value is -2.38. The molecular weight excluding hydrogens is 402 g/mol. The Morgan fingerprint density at radius 3 is 2.34 bits per heavy atom. The molecule has 0 aliphatic carbocycles. The standard InChI is InChI=1S/C22H23N3O2S2/c1-4-24-17-9-7-8-10-18(17)28-21(24)19-20(26)25(5-2)22(29-19)23-15-11-13-16(14-12-15)27-6-3/h7-14H,4-6H2,1-3H3/b21-19+,23-22?. The van der Waals surface area contributed by atoms with Gasteiger partial charge in [0.15, 0.2) is 5.17 Å². The van der Waals surface area contributed by atoms with E-state index in [2.05, 4.69) is 24.0 Å². The number of aliphatic imine (C=N–C) groups is 1. The number of amides is 1. The van der Waals surface area contributed by atoms with Crippen molar-refractivity contribution in [3.8, 4) is 5.75 Å². The zero-order chi connectivity index (χ0) is 20.4. The van der Waals surface area contributed by atoms with Crippen LogP contribution in [0.4, 0.5) is 11.4 Å². The van der Waals surface area contributed by atoms with E-state index >= 15 is 0 Å². The van der Waals surface area contributed by atoms with Gasteiger partial charge in [-0.2, -0.15) is 0 Å². The quantitative estimate of drug-likeness (QED) is 0.595. The van der Waals surface area contributed by atoms with E-state index in [1.165, 1.54) is 16.7 Å². The minimum absolute atomic E-state index is 0.0240. The van der Waals surface area contributed by atoms with Gasteiger partial charge in [0.25, 0.3) is 5.91 Å². The lowest BCUT2D eigenvalue weighted by molar-refractivity contribution is -0.122. The molecule has 29 heavy (non-hydrogen) atoms. The molecule has 0 aromatic heterocycles. The van der Waals surface area contributed by atoms with Crippen LogP contribution in [0.3, 0.4) is 0 Å². The van der Waals surface area contributed by atoms with Gasteiger partial charge in [0.1, 0.15) is 15.7 Å². The zero-order valence-corrected chi connectivity index (χ0v) is 18.3. The Morgan fingerprint density at radius 2 is 1.66 bits per heavy atom. The summed E-state index contributed by atoms with van der Waals surface area (Å²) < 4.78 is 5.50. The fraction of sp³-hybridized carbons (Fsp3) is 0.273. The van der Waals surface area contributed by atoms with Gasteiger partial charge in [-0.05, 0) is 68.9 Å². The van der Waals surface area contributed by atoms with Crippen LogP contribution < -0.4 is 9.64 Å². The van der Waals surface area contributed by atoms with Gasteiger partial charge in [-0.15, -0.1) is 0 Å². The van der Waals surface area contributed by atoms with Crippen molar-refractivity contribution < 1.29 is 9.53 Å². The summed E-state index contributed by atoms with van der Waals surface area (Å²) in [6, 6.07) is 15.9. The van der Waals surface area contributed by atoms with Crippen LogP contribution in [0, 0.1) is 0 Å². The fourth-order valence-electron chi connectivity index (χ4n) is 3.31. The third-order valence-corrected chi connectivity index (χ3v) is 7.05. The summed E-state index contributed by atoms with van der Waals surface area (Å²) in [5.74, 6) is 0.844. The fourth-order valence-corrected chi connectivity index (χ4v) is 5.76. The summed E-state index contributed by atoms with van der Waals surface area (Å²) >= 11 is 3.12. The normalized spacial score (nSPS) is 20.0. The second-order valence-electron chi connectivity index (χ2n) is 6.42. The van der Waals surface area contributed by atoms with Gasteiger partial charge in [0, 0.05) is 18.0 Å². The maximum absolute atomic E-state index is 13.2. The van der Waals surface area contributed by atoms with E-state index in [4.69, 9.17) is 9.73 Å². The van der Waals surface area contributed by atoms with E-state index in [-0.39, 0.29) is 5.91 Å². The van der Waals surface area contributed by atoms with Crippen molar-refractivity contribution in [3.63, 3.8) is 0 Å². The monoisotopic (exact) mass is 425 g/mol. The number of likely N-dealkylation sites (N-methyl/N-ethyl adjacent to an activating group) is 1. The molecule has 0 atom stereocenters. The lowest BCUT2D eigenvalue weighted by Crippen LogP contribution is -2.29. The average molecular weight is 426 g/mol. The number of para-hydroxylation sites is 1. The van der Waals surface area contributed by atoms with Crippen molar-refractivity contribution in [2.75, 3.05) is 24.6 Å². The second kappa shape index (κ2) is 8.55. The molecule has 150 valence electrons. The first kappa shape index (κ1) is 19.9. The molecule has 2 aliphatic heterocycles. The largest absolute Gasteiger partial charge is 0.494 e. The van der Waals surface area contributed by atoms with Crippen molar-refractivity contribution in [2.45, 2.75) is 25.7 Å². The molecule has 1 saturated heterocycles. The molecular formula is C22H23N3O2S2. The lowest BCUT2D eigenvalue weighted by Gasteiger charge is -2.19. The van der Waals surface area contributed by atoms with Crippen LogP contribution >= 0.6 is 23.5 Å². The van der Waals surface area contributed by atoms with Crippen LogP contribution in [0.15, 0.2) is 68.4 Å². The maximum Gasteiger partial charge on any atom is 0.269 e. The summed E-state index contributed by atoms with van der Waals surface area (Å²) in [6.45, 7) is 8.08. The van der Waals surface area contributed by atoms with E-state index in [1.54, 1.807) is 16.7 Å². The van der Waals surface area contributed by atoms with E-state index in [1.807, 2.05) is 50.2 Å². The van der Waals surface area contributed by atoms with Crippen molar-refractivity contribution >= 4 is 46.0 Å². The Labute approximate surface area is 179 Å². The van der Waals surface area contributed by atoms with Crippen LogP contribution in [0.2, 0.25) is 0 Å². The number of fused-ring (bicyclic) bond motifs is 1. The van der Waals surface area contributed by atoms with Crippen molar-refractivity contribution in [2.24, 2.45) is 4.99 Å². The first-order valence-corrected chi connectivity index (χ1v) is 11.4. The number of ether oxygens (including phenoxy) is 1. The van der Waals surface area contributed by atoms with Gasteiger partial charge >= 0.3 is 0 Å². The van der Waals surface area contributed by atoms with E-state index in [0.29, 0.717) is 13.2 Å². The summed E-state index contributed by atoms with van der Waals surface area (Å²) in [5, 5.41) is 1.72. The number of benzene rings is 2. The zero-order valence-electron chi connectivity index (χ0n) is 16.7. The Balaban J connectivity index is 1.68. The highest BCUT2D eigenvalue weighted by Crippen LogP contribution is 2.50. The number of anilines is 1. The van der Waals surface area contributed by atoms with Crippen LogP contribution in [0.5, 0.6) is 5.75 Å². The minimum atomic E-state index is 0.0240. The molecule has 1 fully saturated rings. The topological polar surface area (TPSA) is 45.1 Å². The SMILES string of the molecule is CCOc1ccc(N=C2S/C(=C3/Sc4ccccc4N3CC)C(=O)N2CC)cc1. The van der Waals surface area contributed by atoms with Gasteiger partial charge in [0.2, 0.25) is 0 Å². The number of carbonyl (C=O) groups is 1. The smallest absolute Gasteiger partial charge is 0.269 e. The number of nitrogens with zero attached hydrogens (tertiary/aromatic N) is 3. The molecule has 0 N–H and O–H groups in total. The number of amidine groups is 1. The number of hydrogen-bond acceptors (Lipinski definition) is 6. The Kier molecular flexibility index (Phi) is 5.87. The molecule has 4 rings (SSSR count). The summed E-state index contributed by atoms with van der Waals surface area (Å²) in [5.41, 5.74) is 1.97. The van der Waals surface area contributed by atoms with Gasteiger partial charge in [-0.3, -0.25) is 9.69 Å². The Bertz CT molecular complexity index is 986. The third-order valence-electron chi connectivity index (χ3n) is 4.67. The predicted octanol–water partition coefficient (Wildman–Crippen LogP) is 5.47. The number of rotatable bonds is 5. The van der Waals surface area contributed by atoms with Gasteiger partial charge < -0.3 is 9.64 Å². The van der Waals surface area contributed by atoms with Gasteiger partial charge in [-0.1, -0.05) is 23.9 Å². The highest BCUT2D eigenvalue weighted by atomic mass is 32.2. The minimum Gasteiger partial charge on any atom is -0.494 e. The highest BCUT2D eigenvalue weighted by Gasteiger charge is 2.38. The highest BCUT2D eigenvalue weighted by molar-refractivity contribution is 8.19. The first-order valence-electron chi connectivity index (χ1n) is 9.76. The number of carbonyl (C=O) groups excluding carboxylic acids is 1. The van der Waals surface area contributed by atoms with Gasteiger partial charge in [-0.25, -0.2) is 4.99 Å². The Morgan fingerprint density at radius 1 is 0.931 bits per heavy atom. The lowest BCUT2D eigenvalue weighted by atomic mass is 10.3. The molecule has 0 bridgehead atoms. The van der Waals surface area contributed by atoms with Crippen molar-refractivity contribution in [1.82, 2.24) is 4.90 Å². The van der Waals surface area contributed by atoms with Crippen molar-refractivity contribution in [3.05, 3.63) is 58.5 Å². The molecule has 1 amide bonds. The molecule has 7 heteroatoms. The summed E-state index contributed by atoms with van der Waals surface area (Å²) in [7, 11) is 0. The molecule has 0 unspecified atom stereocenters. The van der Waals surface area contributed by atoms with Crippen LogP contribution in [-0.2, 0) is 4.79 Å².